The van der Waals surface area contributed by atoms with Crippen LogP contribution >= 0.6 is 22.6 Å². The maximum absolute atomic E-state index is 11.5. The quantitative estimate of drug-likeness (QED) is 0.663. The average Bonchev–Trinajstić information content (AvgIpc) is 3.08. The Balaban J connectivity index is 2.20. The molecule has 0 aromatic carbocycles. The van der Waals surface area contributed by atoms with Crippen LogP contribution in [0, 0.1) is 5.41 Å². The minimum atomic E-state index is -0.0962. The number of aromatic nitrogens is 2. The second-order valence-corrected chi connectivity index (χ2v) is 6.55. The number of H-pyrrole nitrogens is 1. The molecule has 0 bridgehead atoms. The lowest BCUT2D eigenvalue weighted by Gasteiger charge is -2.33. The highest BCUT2D eigenvalue weighted by molar-refractivity contribution is 14.1. The molecule has 18 heavy (non-hydrogen) atoms. The van der Waals surface area contributed by atoms with E-state index in [1.807, 2.05) is 0 Å². The minimum absolute atomic E-state index is 0.0584. The summed E-state index contributed by atoms with van der Waals surface area (Å²) in [5.41, 5.74) is 2.30. The Morgan fingerprint density at radius 3 is 2.89 bits per heavy atom. The Kier molecular flexibility index (Phi) is 2.82. The summed E-state index contributed by atoms with van der Waals surface area (Å²) in [6.07, 6.45) is 2.43. The first-order valence-electron chi connectivity index (χ1n) is 6.24. The molecule has 0 radical (unpaired) electrons. The number of ether oxygens (including phenoxy) is 1. The number of hydrogen-bond acceptors (Lipinski definition) is 3. The SMILES string of the molecule is COCC1(C)c2n[nH]c(=O)cc2C(CI)C12CC2. The van der Waals surface area contributed by atoms with Crippen molar-refractivity contribution < 1.29 is 4.74 Å². The van der Waals surface area contributed by atoms with E-state index in [0.29, 0.717) is 12.5 Å². The standard InChI is InChI=1S/C13H17IN2O2/c1-12(7-18-2)11-8(5-10(17)15-16-11)9(6-14)13(12)3-4-13/h5,9H,3-4,6-7H2,1-2H3,(H,15,17). The number of nitrogens with one attached hydrogen (secondary N) is 1. The molecule has 2 unspecified atom stereocenters. The van der Waals surface area contributed by atoms with Gasteiger partial charge in [-0.25, -0.2) is 5.10 Å². The molecule has 1 heterocycles. The fourth-order valence-corrected chi connectivity index (χ4v) is 5.13. The Hall–Kier alpha value is -0.430. The molecule has 0 aliphatic heterocycles. The van der Waals surface area contributed by atoms with Crippen LogP contribution in [0.25, 0.3) is 0 Å². The van der Waals surface area contributed by atoms with Crippen LogP contribution in [0.5, 0.6) is 0 Å². The first kappa shape index (κ1) is 12.6. The Morgan fingerprint density at radius 2 is 2.33 bits per heavy atom. The highest BCUT2D eigenvalue weighted by Crippen LogP contribution is 2.71. The largest absolute Gasteiger partial charge is 0.384 e. The van der Waals surface area contributed by atoms with Gasteiger partial charge < -0.3 is 4.74 Å². The third-order valence-electron chi connectivity index (χ3n) is 4.88. The monoisotopic (exact) mass is 360 g/mol. The summed E-state index contributed by atoms with van der Waals surface area (Å²) in [4.78, 5) is 11.5. The molecule has 4 nitrogen and oxygen atoms in total. The normalized spacial score (nSPS) is 31.6. The lowest BCUT2D eigenvalue weighted by atomic mass is 9.73. The molecule has 0 saturated heterocycles. The van der Waals surface area contributed by atoms with E-state index in [0.717, 1.165) is 15.7 Å². The number of rotatable bonds is 3. The van der Waals surface area contributed by atoms with Crippen LogP contribution in [0.2, 0.25) is 0 Å². The van der Waals surface area contributed by atoms with Gasteiger partial charge in [0.1, 0.15) is 0 Å². The van der Waals surface area contributed by atoms with E-state index in [4.69, 9.17) is 4.74 Å². The molecule has 2 aliphatic rings. The molecule has 3 rings (SSSR count). The van der Waals surface area contributed by atoms with Crippen molar-refractivity contribution in [2.45, 2.75) is 31.1 Å². The summed E-state index contributed by atoms with van der Waals surface area (Å²) in [6, 6.07) is 1.74. The van der Waals surface area contributed by atoms with Crippen molar-refractivity contribution in [1.82, 2.24) is 10.2 Å². The third-order valence-corrected chi connectivity index (χ3v) is 5.76. The van der Waals surface area contributed by atoms with Crippen molar-refractivity contribution in [3.8, 4) is 0 Å². The highest BCUT2D eigenvalue weighted by Gasteiger charge is 2.67. The topological polar surface area (TPSA) is 55.0 Å². The molecule has 1 spiro atoms. The van der Waals surface area contributed by atoms with Gasteiger partial charge in [-0.2, -0.15) is 5.10 Å². The number of fused-ring (bicyclic) bond motifs is 1. The van der Waals surface area contributed by atoms with Gasteiger partial charge in [-0.15, -0.1) is 0 Å². The molecule has 5 heteroatoms. The average molecular weight is 360 g/mol. The second-order valence-electron chi connectivity index (χ2n) is 5.66. The lowest BCUT2D eigenvalue weighted by Crippen LogP contribution is -2.37. The summed E-state index contributed by atoms with van der Waals surface area (Å²) in [7, 11) is 1.74. The van der Waals surface area contributed by atoms with Gasteiger partial charge in [-0.1, -0.05) is 29.5 Å². The van der Waals surface area contributed by atoms with Gasteiger partial charge in [0.15, 0.2) is 0 Å². The molecular weight excluding hydrogens is 343 g/mol. The van der Waals surface area contributed by atoms with Crippen LogP contribution in [0.15, 0.2) is 10.9 Å². The van der Waals surface area contributed by atoms with Crippen LogP contribution in [-0.2, 0) is 10.2 Å². The van der Waals surface area contributed by atoms with Crippen LogP contribution in [0.4, 0.5) is 0 Å². The van der Waals surface area contributed by atoms with Gasteiger partial charge in [0, 0.05) is 28.9 Å². The Bertz CT molecular complexity index is 538. The van der Waals surface area contributed by atoms with E-state index >= 15 is 0 Å². The van der Waals surface area contributed by atoms with Crippen LogP contribution in [-0.4, -0.2) is 28.3 Å². The first-order valence-corrected chi connectivity index (χ1v) is 7.76. The third kappa shape index (κ3) is 1.40. The Morgan fingerprint density at radius 1 is 1.61 bits per heavy atom. The fraction of sp³-hybridized carbons (Fsp3) is 0.692. The van der Waals surface area contributed by atoms with Gasteiger partial charge in [-0.3, -0.25) is 4.79 Å². The molecular formula is C13H17IN2O2. The lowest BCUT2D eigenvalue weighted by molar-refractivity contribution is 0.0918. The van der Waals surface area contributed by atoms with Crippen molar-refractivity contribution >= 4 is 22.6 Å². The summed E-state index contributed by atoms with van der Waals surface area (Å²) >= 11 is 2.43. The van der Waals surface area contributed by atoms with Crippen molar-refractivity contribution in [3.05, 3.63) is 27.7 Å². The van der Waals surface area contributed by atoms with Crippen LogP contribution < -0.4 is 5.56 Å². The molecule has 2 aliphatic carbocycles. The zero-order chi connectivity index (χ0) is 13.0. The summed E-state index contributed by atoms with van der Waals surface area (Å²) in [6.45, 7) is 2.91. The van der Waals surface area contributed by atoms with Crippen LogP contribution in [0.3, 0.4) is 0 Å². The van der Waals surface area contributed by atoms with Gasteiger partial charge >= 0.3 is 0 Å². The van der Waals surface area contributed by atoms with Crippen molar-refractivity contribution in [2.75, 3.05) is 18.1 Å². The zero-order valence-corrected chi connectivity index (χ0v) is 12.8. The first-order chi connectivity index (χ1) is 8.59. The highest BCUT2D eigenvalue weighted by atomic mass is 127. The summed E-state index contributed by atoms with van der Waals surface area (Å²) in [5.74, 6) is 0.447. The van der Waals surface area contributed by atoms with E-state index < -0.39 is 0 Å². The smallest absolute Gasteiger partial charge is 0.264 e. The molecule has 1 N–H and O–H groups in total. The molecule has 98 valence electrons. The van der Waals surface area contributed by atoms with E-state index in [2.05, 4.69) is 39.7 Å². The number of halogens is 1. The number of aromatic amines is 1. The minimum Gasteiger partial charge on any atom is -0.384 e. The molecule has 1 aromatic heterocycles. The predicted molar refractivity (Wildman–Crippen MR) is 77.4 cm³/mol. The van der Waals surface area contributed by atoms with E-state index in [1.165, 1.54) is 12.8 Å². The molecule has 0 amide bonds. The van der Waals surface area contributed by atoms with Gasteiger partial charge in [-0.05, 0) is 23.8 Å². The maximum Gasteiger partial charge on any atom is 0.264 e. The number of alkyl halides is 1. The molecule has 1 fully saturated rings. The predicted octanol–water partition coefficient (Wildman–Crippen LogP) is 1.99. The number of methoxy groups -OCH3 is 1. The fourth-order valence-electron chi connectivity index (χ4n) is 3.81. The van der Waals surface area contributed by atoms with Crippen molar-refractivity contribution in [1.29, 1.82) is 0 Å². The van der Waals surface area contributed by atoms with Crippen molar-refractivity contribution in [3.63, 3.8) is 0 Å². The van der Waals surface area contributed by atoms with Gasteiger partial charge in [0.05, 0.1) is 12.3 Å². The molecule has 1 aromatic rings. The van der Waals surface area contributed by atoms with E-state index in [-0.39, 0.29) is 16.4 Å². The molecule has 1 saturated carbocycles. The van der Waals surface area contributed by atoms with Gasteiger partial charge in [0.25, 0.3) is 5.56 Å². The number of nitrogens with zero attached hydrogens (tertiary/aromatic N) is 1. The maximum atomic E-state index is 11.5. The molecule has 2 atom stereocenters. The summed E-state index contributed by atoms with van der Waals surface area (Å²) < 4.78 is 6.49. The van der Waals surface area contributed by atoms with Crippen molar-refractivity contribution in [2.24, 2.45) is 5.41 Å². The van der Waals surface area contributed by atoms with E-state index in [1.54, 1.807) is 13.2 Å². The van der Waals surface area contributed by atoms with Gasteiger partial charge in [0.2, 0.25) is 0 Å². The zero-order valence-electron chi connectivity index (χ0n) is 10.6. The second kappa shape index (κ2) is 4.03. The number of hydrogen-bond donors (Lipinski definition) is 1. The summed E-state index contributed by atoms with van der Waals surface area (Å²) in [5, 5.41) is 6.94. The van der Waals surface area contributed by atoms with Crippen LogP contribution in [0.1, 0.15) is 36.9 Å². The Labute approximate surface area is 120 Å². The van der Waals surface area contributed by atoms with E-state index in [9.17, 15) is 4.79 Å².